The number of aromatic amines is 1. The van der Waals surface area contributed by atoms with Crippen LogP contribution in [-0.2, 0) is 0 Å². The monoisotopic (exact) mass is 397 g/mol. The van der Waals surface area contributed by atoms with E-state index in [9.17, 15) is 4.79 Å². The number of fused-ring (bicyclic) bond motifs is 1. The van der Waals surface area contributed by atoms with Crippen molar-refractivity contribution in [1.29, 1.82) is 0 Å². The summed E-state index contributed by atoms with van der Waals surface area (Å²) in [6.07, 6.45) is 0. The molecule has 7 heteroatoms. The molecular weight excluding hydrogens is 382 g/mol. The Balaban J connectivity index is 2.08. The van der Waals surface area contributed by atoms with Crippen LogP contribution in [0.1, 0.15) is 11.1 Å². The van der Waals surface area contributed by atoms with Crippen molar-refractivity contribution >= 4 is 46.1 Å². The van der Waals surface area contributed by atoms with Gasteiger partial charge in [-0.1, -0.05) is 47.2 Å². The van der Waals surface area contributed by atoms with Gasteiger partial charge >= 0.3 is 0 Å². The minimum absolute atomic E-state index is 0.158. The Labute approximate surface area is 164 Å². The average Bonchev–Trinajstić information content (AvgIpc) is 2.92. The third-order valence-corrected chi connectivity index (χ3v) is 5.89. The molecule has 0 bridgehead atoms. The minimum Gasteiger partial charge on any atom is -0.316 e. The van der Waals surface area contributed by atoms with Gasteiger partial charge in [0, 0.05) is 0 Å². The van der Waals surface area contributed by atoms with Gasteiger partial charge < -0.3 is 4.98 Å². The summed E-state index contributed by atoms with van der Waals surface area (Å²) < 4.78 is 4.93. The molecule has 130 valence electrons. The molecule has 0 radical (unpaired) electrons. The second-order valence-electron chi connectivity index (χ2n) is 6.08. The van der Waals surface area contributed by atoms with Gasteiger partial charge in [-0.05, 0) is 62.0 Å². The van der Waals surface area contributed by atoms with Crippen LogP contribution in [0, 0.1) is 22.6 Å². The summed E-state index contributed by atoms with van der Waals surface area (Å²) >= 11 is 12.4. The van der Waals surface area contributed by atoms with Crippen LogP contribution in [0.4, 0.5) is 0 Å². The molecule has 0 aliphatic heterocycles. The van der Waals surface area contributed by atoms with Crippen LogP contribution in [0.5, 0.6) is 0 Å². The number of H-pyrrole nitrogens is 1. The van der Waals surface area contributed by atoms with E-state index in [1.165, 1.54) is 21.5 Å². The Morgan fingerprint density at radius 3 is 2.42 bits per heavy atom. The van der Waals surface area contributed by atoms with Gasteiger partial charge in [-0.15, -0.1) is 0 Å². The lowest BCUT2D eigenvalue weighted by Crippen LogP contribution is -2.20. The average molecular weight is 398 g/mol. The van der Waals surface area contributed by atoms with Gasteiger partial charge in [-0.25, -0.2) is 0 Å². The molecule has 0 aliphatic rings. The maximum Gasteiger partial charge on any atom is 0.278 e. The number of hydrogen-bond acceptors (Lipinski definition) is 4. The molecule has 2 aromatic carbocycles. The van der Waals surface area contributed by atoms with Crippen LogP contribution >= 0.6 is 35.8 Å². The van der Waals surface area contributed by atoms with Crippen LogP contribution in [0.3, 0.4) is 0 Å². The topological polar surface area (TPSA) is 42.7 Å². The summed E-state index contributed by atoms with van der Waals surface area (Å²) in [5.41, 5.74) is 4.44. The van der Waals surface area contributed by atoms with E-state index in [1.807, 2.05) is 60.9 Å². The van der Waals surface area contributed by atoms with E-state index in [0.29, 0.717) is 19.1 Å². The van der Waals surface area contributed by atoms with Crippen LogP contribution in [0.2, 0.25) is 0 Å². The first-order valence-corrected chi connectivity index (χ1v) is 9.64. The quantitative estimate of drug-likeness (QED) is 0.470. The molecule has 4 nitrogen and oxygen atoms in total. The standard InChI is InChI=1S/C19H15N3OS3/c1-11-8-9-14(12(2)10-11)22-16-15(26-19(22)25)17(23)21(18(24)20-16)13-6-4-3-5-7-13/h3-10H,1-2H3,(H,20,24). The number of nitrogens with zero attached hydrogens (tertiary/aromatic N) is 2. The van der Waals surface area contributed by atoms with E-state index in [4.69, 9.17) is 24.4 Å². The lowest BCUT2D eigenvalue weighted by Gasteiger charge is -2.11. The fraction of sp³-hybridized carbons (Fsp3) is 0.105. The normalized spacial score (nSPS) is 11.2. The molecule has 4 rings (SSSR count). The van der Waals surface area contributed by atoms with Crippen LogP contribution in [-0.4, -0.2) is 14.1 Å². The Kier molecular flexibility index (Phi) is 4.22. The van der Waals surface area contributed by atoms with E-state index in [-0.39, 0.29) is 5.56 Å². The molecule has 0 saturated carbocycles. The number of aromatic nitrogens is 3. The number of benzene rings is 2. The van der Waals surface area contributed by atoms with Crippen molar-refractivity contribution in [2.45, 2.75) is 13.8 Å². The van der Waals surface area contributed by atoms with Crippen molar-refractivity contribution in [2.24, 2.45) is 0 Å². The summed E-state index contributed by atoms with van der Waals surface area (Å²) in [5.74, 6) is 0. The third kappa shape index (κ3) is 2.68. The molecule has 4 aromatic rings. The van der Waals surface area contributed by atoms with E-state index < -0.39 is 0 Å². The molecule has 0 unspecified atom stereocenters. The Morgan fingerprint density at radius 1 is 1.00 bits per heavy atom. The zero-order chi connectivity index (χ0) is 18.4. The second kappa shape index (κ2) is 6.42. The molecule has 0 atom stereocenters. The third-order valence-electron chi connectivity index (χ3n) is 4.24. The summed E-state index contributed by atoms with van der Waals surface area (Å²) in [6, 6.07) is 15.5. The van der Waals surface area contributed by atoms with Gasteiger partial charge in [0.15, 0.2) is 8.73 Å². The van der Waals surface area contributed by atoms with E-state index >= 15 is 0 Å². The number of hydrogen-bond donors (Lipinski definition) is 1. The van der Waals surface area contributed by atoms with E-state index in [0.717, 1.165) is 16.9 Å². The SMILES string of the molecule is Cc1ccc(-n2c(=S)sc3c(=O)n(-c4ccccc4)c(=S)[nH]c32)c(C)c1. The maximum atomic E-state index is 13.1. The molecule has 0 saturated heterocycles. The Morgan fingerprint density at radius 2 is 1.73 bits per heavy atom. The summed E-state index contributed by atoms with van der Waals surface area (Å²) in [5, 5.41) is 0. The number of rotatable bonds is 2. The zero-order valence-corrected chi connectivity index (χ0v) is 16.6. The maximum absolute atomic E-state index is 13.1. The van der Waals surface area contributed by atoms with Crippen LogP contribution in [0.15, 0.2) is 53.3 Å². The van der Waals surface area contributed by atoms with Gasteiger partial charge in [-0.3, -0.25) is 13.9 Å². The first kappa shape index (κ1) is 17.1. The van der Waals surface area contributed by atoms with Crippen LogP contribution in [0.25, 0.3) is 21.7 Å². The number of thiazole rings is 1. The van der Waals surface area contributed by atoms with Gasteiger partial charge in [0.05, 0.1) is 11.4 Å². The second-order valence-corrected chi connectivity index (χ2v) is 8.11. The van der Waals surface area contributed by atoms with Gasteiger partial charge in [0.25, 0.3) is 5.56 Å². The summed E-state index contributed by atoms with van der Waals surface area (Å²) in [4.78, 5) is 16.3. The van der Waals surface area contributed by atoms with Gasteiger partial charge in [-0.2, -0.15) is 0 Å². The molecule has 1 N–H and O–H groups in total. The molecule has 0 spiro atoms. The predicted octanol–water partition coefficient (Wildman–Crippen LogP) is 5.25. The molecule has 0 aliphatic carbocycles. The first-order chi connectivity index (χ1) is 12.5. The molecule has 0 fully saturated rings. The largest absolute Gasteiger partial charge is 0.316 e. The summed E-state index contributed by atoms with van der Waals surface area (Å²) in [6.45, 7) is 4.08. The van der Waals surface area contributed by atoms with Gasteiger partial charge in [0.1, 0.15) is 10.3 Å². The fourth-order valence-corrected chi connectivity index (χ4v) is 4.67. The first-order valence-electron chi connectivity index (χ1n) is 8.01. The highest BCUT2D eigenvalue weighted by Crippen LogP contribution is 2.26. The molecule has 26 heavy (non-hydrogen) atoms. The smallest absolute Gasteiger partial charge is 0.278 e. The van der Waals surface area contributed by atoms with Crippen molar-refractivity contribution in [3.05, 3.63) is 78.7 Å². The highest BCUT2D eigenvalue weighted by Gasteiger charge is 2.15. The molecule has 2 heterocycles. The Bertz CT molecular complexity index is 1310. The number of para-hydroxylation sites is 1. The molecule has 2 aromatic heterocycles. The Hall–Kier alpha value is -2.35. The van der Waals surface area contributed by atoms with E-state index in [1.54, 1.807) is 0 Å². The van der Waals surface area contributed by atoms with E-state index in [2.05, 4.69) is 11.1 Å². The number of aryl methyl sites for hydroxylation is 2. The highest BCUT2D eigenvalue weighted by molar-refractivity contribution is 7.73. The van der Waals surface area contributed by atoms with Crippen molar-refractivity contribution in [3.63, 3.8) is 0 Å². The highest BCUT2D eigenvalue weighted by atomic mass is 32.1. The van der Waals surface area contributed by atoms with Crippen molar-refractivity contribution in [3.8, 4) is 11.4 Å². The van der Waals surface area contributed by atoms with Gasteiger partial charge in [0.2, 0.25) is 0 Å². The lowest BCUT2D eigenvalue weighted by atomic mass is 10.1. The van der Waals surface area contributed by atoms with Crippen molar-refractivity contribution < 1.29 is 0 Å². The predicted molar refractivity (Wildman–Crippen MR) is 112 cm³/mol. The van der Waals surface area contributed by atoms with Crippen LogP contribution < -0.4 is 5.56 Å². The molecule has 0 amide bonds. The van der Waals surface area contributed by atoms with Crippen molar-refractivity contribution in [1.82, 2.24) is 14.1 Å². The molecular formula is C19H15N3OS3. The summed E-state index contributed by atoms with van der Waals surface area (Å²) in [7, 11) is 0. The minimum atomic E-state index is -0.158. The van der Waals surface area contributed by atoms with Crippen molar-refractivity contribution in [2.75, 3.05) is 0 Å². The number of nitrogens with one attached hydrogen (secondary N) is 1. The zero-order valence-electron chi connectivity index (χ0n) is 14.1. The fourth-order valence-electron chi connectivity index (χ4n) is 3.07. The lowest BCUT2D eigenvalue weighted by molar-refractivity contribution is 0.926.